The number of ether oxygens (including phenoxy) is 2. The van der Waals surface area contributed by atoms with Crippen molar-refractivity contribution in [3.8, 4) is 5.75 Å². The largest absolute Gasteiger partial charge is 0.497 e. The molecule has 0 saturated carbocycles. The Labute approximate surface area is 174 Å². The highest BCUT2D eigenvalue weighted by molar-refractivity contribution is 5.79. The lowest BCUT2D eigenvalue weighted by Crippen LogP contribution is -2.48. The maximum Gasteiger partial charge on any atom is 0.191 e. The maximum atomic E-state index is 5.65. The van der Waals surface area contributed by atoms with Crippen molar-refractivity contribution in [2.75, 3.05) is 40.5 Å². The van der Waals surface area contributed by atoms with Crippen LogP contribution in [0.15, 0.2) is 59.6 Å². The molecule has 3 rings (SSSR count). The van der Waals surface area contributed by atoms with E-state index in [2.05, 4.69) is 58.1 Å². The number of aryl methyl sites for hydroxylation is 1. The van der Waals surface area contributed by atoms with Gasteiger partial charge in [-0.15, -0.1) is 0 Å². The van der Waals surface area contributed by atoms with E-state index in [1.54, 1.807) is 7.11 Å². The minimum Gasteiger partial charge on any atom is -0.497 e. The molecule has 0 spiro atoms. The molecular formula is C24H33N3O2. The van der Waals surface area contributed by atoms with Gasteiger partial charge in [-0.3, -0.25) is 4.99 Å². The summed E-state index contributed by atoms with van der Waals surface area (Å²) in [6.45, 7) is 3.31. The molecule has 0 unspecified atom stereocenters. The second kappa shape index (κ2) is 10.9. The molecule has 1 heterocycles. The van der Waals surface area contributed by atoms with Crippen molar-refractivity contribution in [2.45, 2.75) is 31.1 Å². The molecular weight excluding hydrogens is 362 g/mol. The average Bonchev–Trinajstić information content (AvgIpc) is 2.80. The number of rotatable bonds is 8. The molecule has 1 aliphatic heterocycles. The summed E-state index contributed by atoms with van der Waals surface area (Å²) in [4.78, 5) is 4.41. The Morgan fingerprint density at radius 2 is 1.76 bits per heavy atom. The average molecular weight is 396 g/mol. The Morgan fingerprint density at radius 1 is 1.03 bits per heavy atom. The van der Waals surface area contributed by atoms with Crippen LogP contribution in [-0.2, 0) is 16.6 Å². The second-order valence-corrected chi connectivity index (χ2v) is 7.56. The Bertz CT molecular complexity index is 753. The van der Waals surface area contributed by atoms with Crippen LogP contribution in [0.25, 0.3) is 0 Å². The zero-order valence-corrected chi connectivity index (χ0v) is 17.6. The third kappa shape index (κ3) is 5.97. The van der Waals surface area contributed by atoms with Crippen LogP contribution in [-0.4, -0.2) is 46.4 Å². The zero-order chi connectivity index (χ0) is 20.4. The van der Waals surface area contributed by atoms with Crippen LogP contribution in [0.1, 0.15) is 30.4 Å². The number of nitrogens with one attached hydrogen (secondary N) is 2. The summed E-state index contributed by atoms with van der Waals surface area (Å²) in [6.07, 6.45) is 4.13. The van der Waals surface area contributed by atoms with E-state index in [0.717, 1.165) is 63.7 Å². The molecule has 0 aliphatic carbocycles. The van der Waals surface area contributed by atoms with E-state index in [-0.39, 0.29) is 5.41 Å². The molecule has 0 radical (unpaired) electrons. The molecule has 1 fully saturated rings. The molecule has 0 aromatic heterocycles. The van der Waals surface area contributed by atoms with Gasteiger partial charge in [-0.05, 0) is 48.9 Å². The van der Waals surface area contributed by atoms with E-state index in [1.807, 2.05) is 19.2 Å². The van der Waals surface area contributed by atoms with Crippen molar-refractivity contribution in [1.82, 2.24) is 10.6 Å². The molecule has 2 N–H and O–H groups in total. The van der Waals surface area contributed by atoms with Crippen LogP contribution in [0.3, 0.4) is 0 Å². The van der Waals surface area contributed by atoms with Gasteiger partial charge in [-0.2, -0.15) is 0 Å². The van der Waals surface area contributed by atoms with Gasteiger partial charge in [0, 0.05) is 38.8 Å². The van der Waals surface area contributed by atoms with E-state index in [4.69, 9.17) is 9.47 Å². The first-order valence-corrected chi connectivity index (χ1v) is 10.5. The molecule has 0 amide bonds. The lowest BCUT2D eigenvalue weighted by molar-refractivity contribution is 0.0513. The summed E-state index contributed by atoms with van der Waals surface area (Å²) in [5.74, 6) is 1.75. The van der Waals surface area contributed by atoms with E-state index < -0.39 is 0 Å². The Kier molecular flexibility index (Phi) is 7.94. The van der Waals surface area contributed by atoms with Crippen molar-refractivity contribution in [2.24, 2.45) is 4.99 Å². The zero-order valence-electron chi connectivity index (χ0n) is 17.6. The van der Waals surface area contributed by atoms with Crippen molar-refractivity contribution in [3.63, 3.8) is 0 Å². The van der Waals surface area contributed by atoms with Gasteiger partial charge in [0.15, 0.2) is 5.96 Å². The van der Waals surface area contributed by atoms with Crippen molar-refractivity contribution in [3.05, 3.63) is 65.7 Å². The molecule has 0 atom stereocenters. The van der Waals surface area contributed by atoms with Gasteiger partial charge in [0.1, 0.15) is 5.75 Å². The smallest absolute Gasteiger partial charge is 0.191 e. The molecule has 0 bridgehead atoms. The third-order valence-electron chi connectivity index (χ3n) is 5.75. The first-order chi connectivity index (χ1) is 14.3. The number of nitrogens with zero attached hydrogens (tertiary/aromatic N) is 1. The molecule has 2 aromatic rings. The van der Waals surface area contributed by atoms with Crippen LogP contribution in [0, 0.1) is 0 Å². The molecule has 1 saturated heterocycles. The summed E-state index contributed by atoms with van der Waals surface area (Å²) >= 11 is 0. The summed E-state index contributed by atoms with van der Waals surface area (Å²) in [6, 6.07) is 19.1. The Balaban J connectivity index is 1.54. The Morgan fingerprint density at radius 3 is 2.41 bits per heavy atom. The van der Waals surface area contributed by atoms with E-state index in [0.29, 0.717) is 0 Å². The number of guanidine groups is 1. The van der Waals surface area contributed by atoms with E-state index in [1.165, 1.54) is 11.1 Å². The van der Waals surface area contributed by atoms with Gasteiger partial charge in [0.05, 0.1) is 7.11 Å². The van der Waals surface area contributed by atoms with Crippen LogP contribution in [0.4, 0.5) is 0 Å². The number of methoxy groups -OCH3 is 1. The summed E-state index contributed by atoms with van der Waals surface area (Å²) in [7, 11) is 3.53. The molecule has 1 aliphatic rings. The fourth-order valence-corrected chi connectivity index (χ4v) is 3.89. The number of hydrogen-bond donors (Lipinski definition) is 2. The Hall–Kier alpha value is -2.53. The molecule has 156 valence electrons. The summed E-state index contributed by atoms with van der Waals surface area (Å²) in [5, 5.41) is 7.01. The van der Waals surface area contributed by atoms with Crippen LogP contribution < -0.4 is 15.4 Å². The standard InChI is InChI=1S/C24H33N3O2/c1-25-23(26-16-6-9-20-7-4-3-5-8-20)27-19-24(14-17-29-18-15-24)21-10-12-22(28-2)13-11-21/h3-5,7-8,10-13H,6,9,14-19H2,1-2H3,(H2,25,26,27). The van der Waals surface area contributed by atoms with Crippen molar-refractivity contribution in [1.29, 1.82) is 0 Å². The highest BCUT2D eigenvalue weighted by atomic mass is 16.5. The minimum absolute atomic E-state index is 0.0478. The van der Waals surface area contributed by atoms with Crippen LogP contribution in [0.5, 0.6) is 5.75 Å². The quantitative estimate of drug-likeness (QED) is 0.408. The predicted octanol–water partition coefficient (Wildman–Crippen LogP) is 3.54. The normalized spacial score (nSPS) is 16.3. The lowest BCUT2D eigenvalue weighted by Gasteiger charge is -2.38. The van der Waals surface area contributed by atoms with Gasteiger partial charge >= 0.3 is 0 Å². The highest BCUT2D eigenvalue weighted by Crippen LogP contribution is 2.35. The number of hydrogen-bond acceptors (Lipinski definition) is 3. The SMILES string of the molecule is CN=C(NCCCc1ccccc1)NCC1(c2ccc(OC)cc2)CCOCC1. The lowest BCUT2D eigenvalue weighted by atomic mass is 9.74. The fourth-order valence-electron chi connectivity index (χ4n) is 3.89. The first-order valence-electron chi connectivity index (χ1n) is 10.5. The third-order valence-corrected chi connectivity index (χ3v) is 5.75. The predicted molar refractivity (Wildman–Crippen MR) is 119 cm³/mol. The monoisotopic (exact) mass is 395 g/mol. The van der Waals surface area contributed by atoms with E-state index in [9.17, 15) is 0 Å². The molecule has 29 heavy (non-hydrogen) atoms. The van der Waals surface area contributed by atoms with Gasteiger partial charge in [-0.25, -0.2) is 0 Å². The summed E-state index contributed by atoms with van der Waals surface area (Å²) < 4.78 is 11.0. The minimum atomic E-state index is 0.0478. The topological polar surface area (TPSA) is 54.9 Å². The first kappa shape index (κ1) is 21.2. The molecule has 5 nitrogen and oxygen atoms in total. The maximum absolute atomic E-state index is 5.65. The fraction of sp³-hybridized carbons (Fsp3) is 0.458. The van der Waals surface area contributed by atoms with Crippen LogP contribution in [0.2, 0.25) is 0 Å². The van der Waals surface area contributed by atoms with E-state index >= 15 is 0 Å². The molecule has 2 aromatic carbocycles. The second-order valence-electron chi connectivity index (χ2n) is 7.56. The summed E-state index contributed by atoms with van der Waals surface area (Å²) in [5.41, 5.74) is 2.75. The van der Waals surface area contributed by atoms with Gasteiger partial charge < -0.3 is 20.1 Å². The number of aliphatic imine (C=N–C) groups is 1. The number of benzene rings is 2. The van der Waals surface area contributed by atoms with Gasteiger partial charge in [0.25, 0.3) is 0 Å². The van der Waals surface area contributed by atoms with Crippen molar-refractivity contribution >= 4 is 5.96 Å². The van der Waals surface area contributed by atoms with Crippen LogP contribution >= 0.6 is 0 Å². The molecule has 5 heteroatoms. The van der Waals surface area contributed by atoms with Gasteiger partial charge in [-0.1, -0.05) is 42.5 Å². The van der Waals surface area contributed by atoms with Crippen molar-refractivity contribution < 1.29 is 9.47 Å². The highest BCUT2D eigenvalue weighted by Gasteiger charge is 2.34. The van der Waals surface area contributed by atoms with Gasteiger partial charge in [0.2, 0.25) is 0 Å².